The molecule has 0 spiro atoms. The van der Waals surface area contributed by atoms with E-state index in [1.165, 1.54) is 6.08 Å². The van der Waals surface area contributed by atoms with Crippen molar-refractivity contribution in [3.63, 3.8) is 0 Å². The predicted octanol–water partition coefficient (Wildman–Crippen LogP) is 2.93. The highest BCUT2D eigenvalue weighted by Crippen LogP contribution is 2.19. The van der Waals surface area contributed by atoms with Gasteiger partial charge in [0.2, 0.25) is 0 Å². The highest BCUT2D eigenvalue weighted by atomic mass is 28.4. The van der Waals surface area contributed by atoms with Crippen LogP contribution in [0.15, 0.2) is 12.7 Å². The number of ether oxygens (including phenoxy) is 1. The SMILES string of the molecule is C=CC(=O)OCCCC(C)O[Si](CC)(OCC)OCC. The molecule has 0 aromatic carbocycles. The summed E-state index contributed by atoms with van der Waals surface area (Å²) >= 11 is 0. The van der Waals surface area contributed by atoms with E-state index in [-0.39, 0.29) is 12.1 Å². The molecule has 0 bridgehead atoms. The molecule has 0 aliphatic carbocycles. The van der Waals surface area contributed by atoms with Crippen LogP contribution in [0.1, 0.15) is 40.5 Å². The average Bonchev–Trinajstić information content (AvgIpc) is 2.43. The number of hydrogen-bond acceptors (Lipinski definition) is 5. The van der Waals surface area contributed by atoms with Gasteiger partial charge in [-0.05, 0) is 33.6 Å². The number of carbonyl (C=O) groups is 1. The van der Waals surface area contributed by atoms with E-state index in [4.69, 9.17) is 18.0 Å². The lowest BCUT2D eigenvalue weighted by molar-refractivity contribution is -0.138. The van der Waals surface area contributed by atoms with Gasteiger partial charge in [0.05, 0.1) is 6.61 Å². The Kier molecular flexibility index (Phi) is 10.6. The molecule has 0 rings (SSSR count). The van der Waals surface area contributed by atoms with Gasteiger partial charge in [-0.3, -0.25) is 0 Å². The first-order chi connectivity index (χ1) is 9.53. The van der Waals surface area contributed by atoms with Gasteiger partial charge in [-0.1, -0.05) is 13.5 Å². The third kappa shape index (κ3) is 7.79. The monoisotopic (exact) mass is 304 g/mol. The Morgan fingerprint density at radius 1 is 1.25 bits per heavy atom. The second-order valence-corrected chi connectivity index (χ2v) is 7.23. The zero-order valence-corrected chi connectivity index (χ0v) is 14.1. The summed E-state index contributed by atoms with van der Waals surface area (Å²) in [5, 5.41) is 0. The molecule has 1 unspecified atom stereocenters. The van der Waals surface area contributed by atoms with Crippen LogP contribution in [0, 0.1) is 0 Å². The first-order valence-corrected chi connectivity index (χ1v) is 9.21. The number of carbonyl (C=O) groups excluding carboxylic acids is 1. The highest BCUT2D eigenvalue weighted by molar-refractivity contribution is 6.60. The molecule has 0 aliphatic heterocycles. The highest BCUT2D eigenvalue weighted by Gasteiger charge is 2.39. The third-order valence-corrected chi connectivity index (χ3v) is 5.79. The van der Waals surface area contributed by atoms with Gasteiger partial charge in [0.25, 0.3) is 0 Å². The molecule has 5 nitrogen and oxygen atoms in total. The van der Waals surface area contributed by atoms with E-state index in [0.29, 0.717) is 19.8 Å². The zero-order valence-electron chi connectivity index (χ0n) is 13.1. The smallest absolute Gasteiger partial charge is 0.463 e. The largest absolute Gasteiger partial charge is 0.500 e. The van der Waals surface area contributed by atoms with Crippen LogP contribution in [0.3, 0.4) is 0 Å². The lowest BCUT2D eigenvalue weighted by Crippen LogP contribution is -2.47. The van der Waals surface area contributed by atoms with Crippen molar-refractivity contribution in [2.75, 3.05) is 19.8 Å². The van der Waals surface area contributed by atoms with E-state index in [1.807, 2.05) is 27.7 Å². The van der Waals surface area contributed by atoms with Crippen molar-refractivity contribution in [3.8, 4) is 0 Å². The number of hydrogen-bond donors (Lipinski definition) is 0. The molecule has 1 atom stereocenters. The molecule has 0 N–H and O–H groups in total. The Labute approximate surface area is 123 Å². The van der Waals surface area contributed by atoms with Crippen molar-refractivity contribution in [1.29, 1.82) is 0 Å². The Balaban J connectivity index is 4.14. The van der Waals surface area contributed by atoms with Gasteiger partial charge in [-0.2, -0.15) is 0 Å². The molecule has 0 radical (unpaired) electrons. The summed E-state index contributed by atoms with van der Waals surface area (Å²) in [6.45, 7) is 12.8. The predicted molar refractivity (Wildman–Crippen MR) is 80.4 cm³/mol. The minimum Gasteiger partial charge on any atom is -0.463 e. The van der Waals surface area contributed by atoms with E-state index in [2.05, 4.69) is 6.58 Å². The first-order valence-electron chi connectivity index (χ1n) is 7.28. The quantitative estimate of drug-likeness (QED) is 0.240. The fraction of sp³-hybridized carbons (Fsp3) is 0.786. The maximum Gasteiger partial charge on any atom is 0.500 e. The molecule has 0 aliphatic rings. The summed E-state index contributed by atoms with van der Waals surface area (Å²) in [4.78, 5) is 10.9. The normalized spacial score (nSPS) is 13.0. The Morgan fingerprint density at radius 2 is 1.85 bits per heavy atom. The third-order valence-electron chi connectivity index (χ3n) is 2.71. The lowest BCUT2D eigenvalue weighted by Gasteiger charge is -2.30. The maximum atomic E-state index is 10.9. The van der Waals surface area contributed by atoms with Crippen LogP contribution in [-0.2, 0) is 22.8 Å². The summed E-state index contributed by atoms with van der Waals surface area (Å²) in [7, 11) is -2.55. The van der Waals surface area contributed by atoms with E-state index in [9.17, 15) is 4.79 Å². The molecule has 0 amide bonds. The summed E-state index contributed by atoms with van der Waals surface area (Å²) < 4.78 is 22.5. The lowest BCUT2D eigenvalue weighted by atomic mass is 10.2. The summed E-state index contributed by atoms with van der Waals surface area (Å²) in [5.74, 6) is -0.389. The summed E-state index contributed by atoms with van der Waals surface area (Å²) in [5.41, 5.74) is 0. The van der Waals surface area contributed by atoms with Gasteiger partial charge in [0.15, 0.2) is 0 Å². The maximum absolute atomic E-state index is 10.9. The fourth-order valence-electron chi connectivity index (χ4n) is 1.80. The number of rotatable bonds is 12. The van der Waals surface area contributed by atoms with Crippen LogP contribution < -0.4 is 0 Å². The minimum atomic E-state index is -2.55. The Bertz CT molecular complexity index is 277. The average molecular weight is 304 g/mol. The van der Waals surface area contributed by atoms with Crippen molar-refractivity contribution in [1.82, 2.24) is 0 Å². The second kappa shape index (κ2) is 11.0. The van der Waals surface area contributed by atoms with Crippen LogP contribution in [0.4, 0.5) is 0 Å². The van der Waals surface area contributed by atoms with Crippen molar-refractivity contribution in [2.45, 2.75) is 52.7 Å². The van der Waals surface area contributed by atoms with Crippen molar-refractivity contribution >= 4 is 14.8 Å². The standard InChI is InChI=1S/C14H28O5Si/c1-6-14(15)16-12-10-11-13(5)19-20(9-4,17-7-2)18-8-3/h6,13H,1,7-12H2,2-5H3. The topological polar surface area (TPSA) is 54.0 Å². The molecule has 20 heavy (non-hydrogen) atoms. The van der Waals surface area contributed by atoms with E-state index in [0.717, 1.165) is 18.9 Å². The van der Waals surface area contributed by atoms with Crippen LogP contribution in [-0.4, -0.2) is 40.7 Å². The molecular formula is C14H28O5Si. The molecule has 0 fully saturated rings. The van der Waals surface area contributed by atoms with Crippen molar-refractivity contribution in [3.05, 3.63) is 12.7 Å². The first kappa shape index (κ1) is 19.3. The van der Waals surface area contributed by atoms with Crippen molar-refractivity contribution in [2.24, 2.45) is 0 Å². The van der Waals surface area contributed by atoms with Gasteiger partial charge in [0.1, 0.15) is 0 Å². The van der Waals surface area contributed by atoms with Gasteiger partial charge < -0.3 is 18.0 Å². The van der Waals surface area contributed by atoms with Gasteiger partial charge in [0, 0.05) is 31.4 Å². The van der Waals surface area contributed by atoms with Crippen LogP contribution in [0.2, 0.25) is 6.04 Å². The number of esters is 1. The Morgan fingerprint density at radius 3 is 2.30 bits per heavy atom. The molecule has 0 heterocycles. The molecular weight excluding hydrogens is 276 g/mol. The van der Waals surface area contributed by atoms with Gasteiger partial charge in [-0.15, -0.1) is 0 Å². The molecule has 0 saturated carbocycles. The fourth-order valence-corrected chi connectivity index (χ4v) is 4.21. The molecule has 118 valence electrons. The van der Waals surface area contributed by atoms with E-state index >= 15 is 0 Å². The van der Waals surface area contributed by atoms with Crippen LogP contribution in [0.25, 0.3) is 0 Å². The molecule has 0 aromatic rings. The molecule has 0 aromatic heterocycles. The summed E-state index contributed by atoms with van der Waals surface area (Å²) in [6.07, 6.45) is 2.72. The zero-order chi connectivity index (χ0) is 15.4. The van der Waals surface area contributed by atoms with Gasteiger partial charge in [-0.25, -0.2) is 4.79 Å². The van der Waals surface area contributed by atoms with Crippen LogP contribution >= 0.6 is 0 Å². The second-order valence-electron chi connectivity index (χ2n) is 4.34. The molecule has 6 heteroatoms. The Hall–Kier alpha value is -0.693. The summed E-state index contributed by atoms with van der Waals surface area (Å²) in [6, 6.07) is 0.754. The minimum absolute atomic E-state index is 0.0159. The van der Waals surface area contributed by atoms with Crippen LogP contribution in [0.5, 0.6) is 0 Å². The van der Waals surface area contributed by atoms with E-state index < -0.39 is 8.80 Å². The van der Waals surface area contributed by atoms with Gasteiger partial charge >= 0.3 is 14.8 Å². The molecule has 0 saturated heterocycles. The van der Waals surface area contributed by atoms with E-state index in [1.54, 1.807) is 0 Å². The van der Waals surface area contributed by atoms with Crippen molar-refractivity contribution < 1.29 is 22.8 Å².